The maximum Gasteiger partial charge on any atom is 0.328 e. The van der Waals surface area contributed by atoms with Crippen molar-refractivity contribution in [1.29, 1.82) is 0 Å². The number of esters is 1. The Labute approximate surface area is 100 Å². The lowest BCUT2D eigenvalue weighted by Crippen LogP contribution is -2.37. The van der Waals surface area contributed by atoms with Crippen molar-refractivity contribution in [3.05, 3.63) is 18.3 Å². The van der Waals surface area contributed by atoms with Crippen molar-refractivity contribution >= 4 is 11.8 Å². The van der Waals surface area contributed by atoms with Crippen molar-refractivity contribution in [2.24, 2.45) is 0 Å². The zero-order valence-electron chi connectivity index (χ0n) is 10.0. The molecule has 17 heavy (non-hydrogen) atoms. The molecule has 0 saturated carbocycles. The molecular formula is C12H16N2O3. The first-order chi connectivity index (χ1) is 8.27. The van der Waals surface area contributed by atoms with Gasteiger partial charge >= 0.3 is 5.97 Å². The van der Waals surface area contributed by atoms with Crippen LogP contribution in [0.15, 0.2) is 18.3 Å². The molecule has 1 saturated heterocycles. The summed E-state index contributed by atoms with van der Waals surface area (Å²) in [5.74, 6) is 1.18. The normalized spacial score (nSPS) is 19.2. The average Bonchev–Trinajstić information content (AvgIpc) is 2.86. The maximum atomic E-state index is 11.7. The first-order valence-electron chi connectivity index (χ1n) is 5.61. The van der Waals surface area contributed by atoms with Crippen LogP contribution >= 0.6 is 0 Å². The number of methoxy groups -OCH3 is 2. The lowest BCUT2D eigenvalue weighted by molar-refractivity contribution is -0.141. The van der Waals surface area contributed by atoms with Gasteiger partial charge in [-0.05, 0) is 25.0 Å². The Morgan fingerprint density at radius 3 is 3.06 bits per heavy atom. The second-order valence-corrected chi connectivity index (χ2v) is 3.90. The van der Waals surface area contributed by atoms with Gasteiger partial charge in [-0.3, -0.25) is 0 Å². The molecule has 0 aliphatic carbocycles. The fourth-order valence-corrected chi connectivity index (χ4v) is 2.16. The summed E-state index contributed by atoms with van der Waals surface area (Å²) in [7, 11) is 3.01. The molecule has 1 atom stereocenters. The van der Waals surface area contributed by atoms with E-state index in [9.17, 15) is 4.79 Å². The summed E-state index contributed by atoms with van der Waals surface area (Å²) in [5, 5.41) is 0. The molecular weight excluding hydrogens is 220 g/mol. The summed E-state index contributed by atoms with van der Waals surface area (Å²) in [5.41, 5.74) is 0. The molecule has 0 amide bonds. The highest BCUT2D eigenvalue weighted by molar-refractivity contribution is 5.81. The molecule has 0 N–H and O–H groups in total. The molecule has 0 aromatic carbocycles. The number of rotatable bonds is 3. The number of hydrogen-bond acceptors (Lipinski definition) is 5. The number of nitrogens with zero attached hydrogens (tertiary/aromatic N) is 2. The molecule has 2 rings (SSSR count). The van der Waals surface area contributed by atoms with Crippen LogP contribution in [0.5, 0.6) is 5.75 Å². The molecule has 2 heterocycles. The third-order valence-corrected chi connectivity index (χ3v) is 2.97. The summed E-state index contributed by atoms with van der Waals surface area (Å²) in [6.07, 6.45) is 3.45. The molecule has 92 valence electrons. The third-order valence-electron chi connectivity index (χ3n) is 2.97. The van der Waals surface area contributed by atoms with Gasteiger partial charge in [0.2, 0.25) is 0 Å². The molecule has 1 aliphatic rings. The largest absolute Gasteiger partial charge is 0.493 e. The van der Waals surface area contributed by atoms with Gasteiger partial charge in [-0.15, -0.1) is 0 Å². The second-order valence-electron chi connectivity index (χ2n) is 3.90. The molecule has 1 aromatic rings. The van der Waals surface area contributed by atoms with E-state index in [1.165, 1.54) is 7.11 Å². The standard InChI is InChI=1S/C12H16N2O3/c1-16-10-6-3-7-13-11(10)14-8-4-5-9(14)12(15)17-2/h3,6-7,9H,4-5,8H2,1-2H3. The van der Waals surface area contributed by atoms with E-state index < -0.39 is 0 Å². The van der Waals surface area contributed by atoms with Crippen LogP contribution in [0.3, 0.4) is 0 Å². The minimum atomic E-state index is -0.246. The topological polar surface area (TPSA) is 51.7 Å². The van der Waals surface area contributed by atoms with E-state index in [4.69, 9.17) is 9.47 Å². The van der Waals surface area contributed by atoms with Gasteiger partial charge in [-0.25, -0.2) is 9.78 Å². The lowest BCUT2D eigenvalue weighted by atomic mass is 10.2. The molecule has 1 fully saturated rings. The number of carbonyl (C=O) groups excluding carboxylic acids is 1. The van der Waals surface area contributed by atoms with Crippen LogP contribution in [0, 0.1) is 0 Å². The number of pyridine rings is 1. The Kier molecular flexibility index (Phi) is 3.46. The summed E-state index contributed by atoms with van der Waals surface area (Å²) in [4.78, 5) is 17.9. The summed E-state index contributed by atoms with van der Waals surface area (Å²) < 4.78 is 10.1. The predicted octanol–water partition coefficient (Wildman–Crippen LogP) is 1.23. The van der Waals surface area contributed by atoms with Crippen LogP contribution in [0.1, 0.15) is 12.8 Å². The van der Waals surface area contributed by atoms with Gasteiger partial charge in [-0.1, -0.05) is 0 Å². The molecule has 1 unspecified atom stereocenters. The van der Waals surface area contributed by atoms with E-state index in [2.05, 4.69) is 4.98 Å². The van der Waals surface area contributed by atoms with Crippen LogP contribution in [-0.2, 0) is 9.53 Å². The number of aromatic nitrogens is 1. The summed E-state index contributed by atoms with van der Waals surface area (Å²) in [6.45, 7) is 0.799. The van der Waals surface area contributed by atoms with Crippen LogP contribution in [0.2, 0.25) is 0 Å². The van der Waals surface area contributed by atoms with Crippen LogP contribution < -0.4 is 9.64 Å². The molecule has 0 radical (unpaired) electrons. The van der Waals surface area contributed by atoms with E-state index >= 15 is 0 Å². The van der Waals surface area contributed by atoms with Crippen molar-refractivity contribution in [3.63, 3.8) is 0 Å². The van der Waals surface area contributed by atoms with Gasteiger partial charge < -0.3 is 14.4 Å². The van der Waals surface area contributed by atoms with Crippen LogP contribution in [0.4, 0.5) is 5.82 Å². The summed E-state index contributed by atoms with van der Waals surface area (Å²) in [6, 6.07) is 3.41. The molecule has 1 aliphatic heterocycles. The first kappa shape index (κ1) is 11.7. The number of ether oxygens (including phenoxy) is 2. The number of hydrogen-bond donors (Lipinski definition) is 0. The fourth-order valence-electron chi connectivity index (χ4n) is 2.16. The Morgan fingerprint density at radius 2 is 2.35 bits per heavy atom. The van der Waals surface area contributed by atoms with Gasteiger partial charge in [0, 0.05) is 12.7 Å². The molecule has 0 spiro atoms. The third kappa shape index (κ3) is 2.18. The van der Waals surface area contributed by atoms with Crippen molar-refractivity contribution < 1.29 is 14.3 Å². The van der Waals surface area contributed by atoms with E-state index in [-0.39, 0.29) is 12.0 Å². The van der Waals surface area contributed by atoms with Crippen molar-refractivity contribution in [2.75, 3.05) is 25.7 Å². The van der Waals surface area contributed by atoms with Crippen molar-refractivity contribution in [2.45, 2.75) is 18.9 Å². The quantitative estimate of drug-likeness (QED) is 0.739. The molecule has 5 nitrogen and oxygen atoms in total. The van der Waals surface area contributed by atoms with E-state index in [0.717, 1.165) is 19.4 Å². The van der Waals surface area contributed by atoms with Gasteiger partial charge in [0.15, 0.2) is 11.6 Å². The molecule has 1 aromatic heterocycles. The Bertz CT molecular complexity index is 408. The van der Waals surface area contributed by atoms with E-state index in [0.29, 0.717) is 11.6 Å². The second kappa shape index (κ2) is 5.03. The smallest absolute Gasteiger partial charge is 0.328 e. The van der Waals surface area contributed by atoms with Gasteiger partial charge in [-0.2, -0.15) is 0 Å². The van der Waals surface area contributed by atoms with E-state index in [1.807, 2.05) is 17.0 Å². The molecule has 5 heteroatoms. The zero-order chi connectivity index (χ0) is 12.3. The minimum absolute atomic E-state index is 0.213. The lowest BCUT2D eigenvalue weighted by Gasteiger charge is -2.24. The molecule has 0 bridgehead atoms. The SMILES string of the molecule is COC(=O)C1CCCN1c1ncccc1OC. The van der Waals surface area contributed by atoms with Crippen LogP contribution in [0.25, 0.3) is 0 Å². The van der Waals surface area contributed by atoms with Gasteiger partial charge in [0.1, 0.15) is 6.04 Å². The Balaban J connectivity index is 2.29. The monoisotopic (exact) mass is 236 g/mol. The maximum absolute atomic E-state index is 11.7. The van der Waals surface area contributed by atoms with Gasteiger partial charge in [0.25, 0.3) is 0 Å². The number of carbonyl (C=O) groups is 1. The highest BCUT2D eigenvalue weighted by atomic mass is 16.5. The first-order valence-corrected chi connectivity index (χ1v) is 5.61. The van der Waals surface area contributed by atoms with Crippen LogP contribution in [-0.4, -0.2) is 37.8 Å². The van der Waals surface area contributed by atoms with Crippen molar-refractivity contribution in [1.82, 2.24) is 4.98 Å². The fraction of sp³-hybridized carbons (Fsp3) is 0.500. The van der Waals surface area contributed by atoms with Gasteiger partial charge in [0.05, 0.1) is 14.2 Å². The van der Waals surface area contributed by atoms with E-state index in [1.54, 1.807) is 13.3 Å². The highest BCUT2D eigenvalue weighted by Gasteiger charge is 2.33. The Hall–Kier alpha value is -1.78. The zero-order valence-corrected chi connectivity index (χ0v) is 10.0. The minimum Gasteiger partial charge on any atom is -0.493 e. The number of anilines is 1. The summed E-state index contributed by atoms with van der Waals surface area (Å²) >= 11 is 0. The van der Waals surface area contributed by atoms with Crippen molar-refractivity contribution in [3.8, 4) is 5.75 Å². The highest BCUT2D eigenvalue weighted by Crippen LogP contribution is 2.31. The predicted molar refractivity (Wildman–Crippen MR) is 63.2 cm³/mol. The Morgan fingerprint density at radius 1 is 1.53 bits per heavy atom. The average molecular weight is 236 g/mol.